The molecule has 1 atom stereocenters. The standard InChI is InChI=1S/C11H23N3O4S/c1-9(2)7-14(8-10-5-4-6-12-10)19(16,17)13-11(15)18-3/h9-10,12H,4-8H2,1-3H3,(H,13,15). The molecule has 19 heavy (non-hydrogen) atoms. The maximum atomic E-state index is 12.1. The molecular formula is C11H23N3O4S. The Labute approximate surface area is 114 Å². The predicted molar refractivity (Wildman–Crippen MR) is 71.9 cm³/mol. The van der Waals surface area contributed by atoms with Crippen LogP contribution in [0.25, 0.3) is 0 Å². The Hall–Kier alpha value is -0.860. The van der Waals surface area contributed by atoms with Gasteiger partial charge in [-0.1, -0.05) is 13.8 Å². The van der Waals surface area contributed by atoms with Crippen molar-refractivity contribution >= 4 is 16.3 Å². The van der Waals surface area contributed by atoms with Crippen LogP contribution in [0.5, 0.6) is 0 Å². The van der Waals surface area contributed by atoms with Gasteiger partial charge in [0.05, 0.1) is 7.11 Å². The number of carbonyl (C=O) groups is 1. The monoisotopic (exact) mass is 293 g/mol. The molecule has 0 aromatic heterocycles. The maximum absolute atomic E-state index is 12.1. The number of hydrogen-bond donors (Lipinski definition) is 2. The van der Waals surface area contributed by atoms with E-state index in [-0.39, 0.29) is 12.0 Å². The third-order valence-electron chi connectivity index (χ3n) is 2.89. The Morgan fingerprint density at radius 3 is 2.68 bits per heavy atom. The molecule has 112 valence electrons. The zero-order chi connectivity index (χ0) is 14.5. The fraction of sp³-hybridized carbons (Fsp3) is 0.909. The normalized spacial score (nSPS) is 19.9. The molecule has 8 heteroatoms. The van der Waals surface area contributed by atoms with Crippen LogP contribution in [-0.2, 0) is 14.9 Å². The second-order valence-electron chi connectivity index (χ2n) is 5.10. The predicted octanol–water partition coefficient (Wildman–Crippen LogP) is 0.297. The largest absolute Gasteiger partial charge is 0.452 e. The summed E-state index contributed by atoms with van der Waals surface area (Å²) in [6.07, 6.45) is 1.03. The van der Waals surface area contributed by atoms with E-state index >= 15 is 0 Å². The molecule has 0 saturated carbocycles. The Kier molecular flexibility index (Phi) is 6.02. The highest BCUT2D eigenvalue weighted by molar-refractivity contribution is 7.87. The Morgan fingerprint density at radius 1 is 1.53 bits per heavy atom. The van der Waals surface area contributed by atoms with Crippen LogP contribution >= 0.6 is 0 Å². The summed E-state index contributed by atoms with van der Waals surface area (Å²) in [6, 6.07) is 0.146. The van der Waals surface area contributed by atoms with Crippen LogP contribution in [0, 0.1) is 5.92 Å². The highest BCUT2D eigenvalue weighted by Gasteiger charge is 2.28. The van der Waals surface area contributed by atoms with Gasteiger partial charge in [-0.05, 0) is 25.3 Å². The van der Waals surface area contributed by atoms with Crippen molar-refractivity contribution in [3.05, 3.63) is 0 Å². The van der Waals surface area contributed by atoms with Crippen molar-refractivity contribution < 1.29 is 17.9 Å². The van der Waals surface area contributed by atoms with Crippen molar-refractivity contribution in [2.45, 2.75) is 32.7 Å². The first-order valence-electron chi connectivity index (χ1n) is 6.44. The van der Waals surface area contributed by atoms with E-state index in [9.17, 15) is 13.2 Å². The molecule has 0 spiro atoms. The molecule has 0 aliphatic carbocycles. The lowest BCUT2D eigenvalue weighted by Crippen LogP contribution is -2.49. The first-order valence-corrected chi connectivity index (χ1v) is 7.88. The van der Waals surface area contributed by atoms with Gasteiger partial charge < -0.3 is 10.1 Å². The summed E-state index contributed by atoms with van der Waals surface area (Å²) in [6.45, 7) is 5.51. The summed E-state index contributed by atoms with van der Waals surface area (Å²) >= 11 is 0. The van der Waals surface area contributed by atoms with Crippen LogP contribution in [-0.4, -0.2) is 51.6 Å². The smallest absolute Gasteiger partial charge is 0.421 e. The van der Waals surface area contributed by atoms with Gasteiger partial charge in [-0.2, -0.15) is 12.7 Å². The summed E-state index contributed by atoms with van der Waals surface area (Å²) in [5.74, 6) is 0.177. The van der Waals surface area contributed by atoms with E-state index in [0.717, 1.165) is 26.5 Å². The van der Waals surface area contributed by atoms with E-state index in [4.69, 9.17) is 0 Å². The van der Waals surface area contributed by atoms with Crippen molar-refractivity contribution in [2.75, 3.05) is 26.7 Å². The minimum absolute atomic E-state index is 0.146. The van der Waals surface area contributed by atoms with Gasteiger partial charge in [-0.15, -0.1) is 0 Å². The number of rotatable bonds is 6. The quantitative estimate of drug-likeness (QED) is 0.735. The number of amides is 1. The Morgan fingerprint density at radius 2 is 2.21 bits per heavy atom. The number of carbonyl (C=O) groups excluding carboxylic acids is 1. The summed E-state index contributed by atoms with van der Waals surface area (Å²) in [5, 5.41) is 3.25. The van der Waals surface area contributed by atoms with Gasteiger partial charge >= 0.3 is 16.3 Å². The van der Waals surface area contributed by atoms with Crippen molar-refractivity contribution in [1.82, 2.24) is 14.3 Å². The maximum Gasteiger partial charge on any atom is 0.421 e. The van der Waals surface area contributed by atoms with E-state index in [1.807, 2.05) is 18.6 Å². The average molecular weight is 293 g/mol. The van der Waals surface area contributed by atoms with E-state index in [1.165, 1.54) is 4.31 Å². The highest BCUT2D eigenvalue weighted by Crippen LogP contribution is 2.11. The Balaban J connectivity index is 2.73. The van der Waals surface area contributed by atoms with Crippen LogP contribution in [0.1, 0.15) is 26.7 Å². The molecule has 2 N–H and O–H groups in total. The second kappa shape index (κ2) is 7.06. The molecule has 7 nitrogen and oxygen atoms in total. The third kappa shape index (κ3) is 5.33. The van der Waals surface area contributed by atoms with Gasteiger partial charge in [0.1, 0.15) is 0 Å². The first-order chi connectivity index (χ1) is 8.85. The van der Waals surface area contributed by atoms with Gasteiger partial charge in [0.15, 0.2) is 0 Å². The van der Waals surface area contributed by atoms with Crippen molar-refractivity contribution in [2.24, 2.45) is 5.92 Å². The molecule has 1 saturated heterocycles. The van der Waals surface area contributed by atoms with Crippen LogP contribution in [0.3, 0.4) is 0 Å². The van der Waals surface area contributed by atoms with E-state index in [2.05, 4.69) is 10.1 Å². The molecule has 1 heterocycles. The molecule has 0 bridgehead atoms. The first kappa shape index (κ1) is 16.2. The molecule has 0 aromatic rings. The molecule has 1 aliphatic heterocycles. The summed E-state index contributed by atoms with van der Waals surface area (Å²) in [5.41, 5.74) is 0. The lowest BCUT2D eigenvalue weighted by atomic mass is 10.2. The molecular weight excluding hydrogens is 270 g/mol. The lowest BCUT2D eigenvalue weighted by molar-refractivity contribution is 0.176. The van der Waals surface area contributed by atoms with Gasteiger partial charge in [0, 0.05) is 19.1 Å². The van der Waals surface area contributed by atoms with Crippen LogP contribution in [0.4, 0.5) is 4.79 Å². The average Bonchev–Trinajstić information content (AvgIpc) is 2.79. The molecule has 1 amide bonds. The summed E-state index contributed by atoms with van der Waals surface area (Å²) in [7, 11) is -2.71. The summed E-state index contributed by atoms with van der Waals surface area (Å²) in [4.78, 5) is 11.1. The van der Waals surface area contributed by atoms with Gasteiger partial charge in [0.2, 0.25) is 0 Å². The van der Waals surface area contributed by atoms with Crippen LogP contribution < -0.4 is 10.0 Å². The van der Waals surface area contributed by atoms with Crippen molar-refractivity contribution in [3.63, 3.8) is 0 Å². The van der Waals surface area contributed by atoms with E-state index in [0.29, 0.717) is 13.1 Å². The van der Waals surface area contributed by atoms with Gasteiger partial charge in [-0.25, -0.2) is 9.52 Å². The zero-order valence-corrected chi connectivity index (χ0v) is 12.5. The number of nitrogens with one attached hydrogen (secondary N) is 2. The highest BCUT2D eigenvalue weighted by atomic mass is 32.2. The number of hydrogen-bond acceptors (Lipinski definition) is 5. The SMILES string of the molecule is COC(=O)NS(=O)(=O)N(CC(C)C)CC1CCCN1. The van der Waals surface area contributed by atoms with E-state index in [1.54, 1.807) is 0 Å². The number of nitrogens with zero attached hydrogens (tertiary/aromatic N) is 1. The second-order valence-corrected chi connectivity index (χ2v) is 6.77. The minimum atomic E-state index is -3.85. The molecule has 1 unspecified atom stereocenters. The molecule has 1 rings (SSSR count). The van der Waals surface area contributed by atoms with E-state index < -0.39 is 16.3 Å². The van der Waals surface area contributed by atoms with Gasteiger partial charge in [0.25, 0.3) is 0 Å². The molecule has 0 radical (unpaired) electrons. The number of ether oxygens (including phenoxy) is 1. The summed E-state index contributed by atoms with van der Waals surface area (Å²) < 4.78 is 31.8. The zero-order valence-electron chi connectivity index (χ0n) is 11.7. The van der Waals surface area contributed by atoms with Crippen molar-refractivity contribution in [1.29, 1.82) is 0 Å². The van der Waals surface area contributed by atoms with Crippen LogP contribution in [0.15, 0.2) is 0 Å². The molecule has 0 aromatic carbocycles. The Bertz CT molecular complexity index is 391. The fourth-order valence-corrected chi connectivity index (χ4v) is 3.34. The fourth-order valence-electron chi connectivity index (χ4n) is 2.05. The molecule has 1 aliphatic rings. The van der Waals surface area contributed by atoms with Crippen LogP contribution in [0.2, 0.25) is 0 Å². The van der Waals surface area contributed by atoms with Crippen molar-refractivity contribution in [3.8, 4) is 0 Å². The third-order valence-corrected chi connectivity index (χ3v) is 4.30. The number of methoxy groups -OCH3 is 1. The minimum Gasteiger partial charge on any atom is -0.452 e. The molecule has 1 fully saturated rings. The topological polar surface area (TPSA) is 87.7 Å². The van der Waals surface area contributed by atoms with Gasteiger partial charge in [-0.3, -0.25) is 0 Å². The lowest BCUT2D eigenvalue weighted by Gasteiger charge is -2.26.